The van der Waals surface area contributed by atoms with Gasteiger partial charge in [-0.1, -0.05) is 12.8 Å². The number of sulfonamides is 1. The smallest absolute Gasteiger partial charge is 0.243 e. The van der Waals surface area contributed by atoms with Crippen molar-refractivity contribution in [3.05, 3.63) is 24.3 Å². The molecule has 8 heteroatoms. The van der Waals surface area contributed by atoms with E-state index in [1.807, 2.05) is 11.8 Å². The number of amides is 1. The average molecular weight is 410 g/mol. The number of piperazine rings is 1. The molecule has 0 aromatic heterocycles. The Kier molecular flexibility index (Phi) is 6.95. The van der Waals surface area contributed by atoms with Crippen LogP contribution in [0, 0.1) is 0 Å². The fourth-order valence-electron chi connectivity index (χ4n) is 3.94. The number of rotatable bonds is 5. The Balaban J connectivity index is 1.59. The molecule has 0 aliphatic carbocycles. The van der Waals surface area contributed by atoms with Gasteiger partial charge in [-0.25, -0.2) is 8.42 Å². The Bertz CT molecular complexity index is 750. The zero-order valence-corrected chi connectivity index (χ0v) is 17.7. The fraction of sp³-hybridized carbons (Fsp3) is 0.650. The van der Waals surface area contributed by atoms with Gasteiger partial charge < -0.3 is 9.64 Å². The normalized spacial score (nSPS) is 21.1. The van der Waals surface area contributed by atoms with Gasteiger partial charge in [-0.2, -0.15) is 4.31 Å². The summed E-state index contributed by atoms with van der Waals surface area (Å²) in [6.07, 6.45) is 4.54. The molecule has 156 valence electrons. The lowest BCUT2D eigenvalue weighted by atomic mass is 10.2. The minimum atomic E-state index is -3.53. The van der Waals surface area contributed by atoms with Crippen LogP contribution in [0.3, 0.4) is 0 Å². The van der Waals surface area contributed by atoms with E-state index in [2.05, 4.69) is 4.90 Å². The molecule has 0 saturated carbocycles. The molecule has 28 heavy (non-hydrogen) atoms. The standard InChI is InChI=1S/C20H31N3O4S/c1-17(20(24)22-11-5-3-4-6-12-22)21-13-15-23(16-14-21)28(25,26)19-9-7-18(27-2)8-10-19/h7-10,17H,3-6,11-16H2,1-2H3/t17-/m0/s1. The van der Waals surface area contributed by atoms with E-state index in [1.165, 1.54) is 17.1 Å². The minimum absolute atomic E-state index is 0.174. The molecule has 0 unspecified atom stereocenters. The summed E-state index contributed by atoms with van der Waals surface area (Å²) in [6, 6.07) is 6.26. The third-order valence-electron chi connectivity index (χ3n) is 5.79. The van der Waals surface area contributed by atoms with E-state index in [0.29, 0.717) is 31.9 Å². The van der Waals surface area contributed by atoms with Crippen molar-refractivity contribution in [3.63, 3.8) is 0 Å². The zero-order chi connectivity index (χ0) is 20.1. The number of hydrogen-bond donors (Lipinski definition) is 0. The SMILES string of the molecule is COc1ccc(S(=O)(=O)N2CCN([C@@H](C)C(=O)N3CCCCCC3)CC2)cc1. The maximum absolute atomic E-state index is 12.9. The van der Waals surface area contributed by atoms with Gasteiger partial charge in [-0.05, 0) is 44.0 Å². The number of ether oxygens (including phenoxy) is 1. The number of methoxy groups -OCH3 is 1. The summed E-state index contributed by atoms with van der Waals surface area (Å²) in [5.74, 6) is 0.804. The summed E-state index contributed by atoms with van der Waals surface area (Å²) >= 11 is 0. The van der Waals surface area contributed by atoms with Crippen molar-refractivity contribution in [1.29, 1.82) is 0 Å². The van der Waals surface area contributed by atoms with Gasteiger partial charge in [0.2, 0.25) is 15.9 Å². The molecule has 3 rings (SSSR count). The van der Waals surface area contributed by atoms with E-state index in [4.69, 9.17) is 4.74 Å². The second-order valence-corrected chi connectivity index (χ2v) is 9.47. The summed E-state index contributed by atoms with van der Waals surface area (Å²) in [4.78, 5) is 17.2. The Hall–Kier alpha value is -1.64. The number of benzene rings is 1. The maximum Gasteiger partial charge on any atom is 0.243 e. The molecule has 2 aliphatic rings. The fourth-order valence-corrected chi connectivity index (χ4v) is 5.36. The largest absolute Gasteiger partial charge is 0.497 e. The number of hydrogen-bond acceptors (Lipinski definition) is 5. The third-order valence-corrected chi connectivity index (χ3v) is 7.71. The molecule has 1 atom stereocenters. The van der Waals surface area contributed by atoms with Crippen LogP contribution in [-0.4, -0.2) is 80.9 Å². The summed E-state index contributed by atoms with van der Waals surface area (Å²) in [5, 5.41) is 0. The summed E-state index contributed by atoms with van der Waals surface area (Å²) in [6.45, 7) is 5.55. The molecule has 2 aliphatic heterocycles. The van der Waals surface area contributed by atoms with Gasteiger partial charge in [-0.15, -0.1) is 0 Å². The van der Waals surface area contributed by atoms with Crippen molar-refractivity contribution in [3.8, 4) is 5.75 Å². The molecular weight excluding hydrogens is 378 g/mol. The lowest BCUT2D eigenvalue weighted by Gasteiger charge is -2.38. The molecule has 0 spiro atoms. The second kappa shape index (κ2) is 9.24. The van der Waals surface area contributed by atoms with Gasteiger partial charge in [0.05, 0.1) is 18.0 Å². The van der Waals surface area contributed by atoms with E-state index in [-0.39, 0.29) is 16.8 Å². The molecule has 2 saturated heterocycles. The first-order valence-electron chi connectivity index (χ1n) is 10.1. The summed E-state index contributed by atoms with van der Waals surface area (Å²) in [7, 11) is -1.97. The predicted molar refractivity (Wildman–Crippen MR) is 108 cm³/mol. The van der Waals surface area contributed by atoms with E-state index >= 15 is 0 Å². The first kappa shape index (κ1) is 21.1. The average Bonchev–Trinajstić information content (AvgIpc) is 3.02. The molecule has 0 N–H and O–H groups in total. The molecule has 2 fully saturated rings. The predicted octanol–water partition coefficient (Wildman–Crippen LogP) is 1.79. The van der Waals surface area contributed by atoms with Crippen molar-refractivity contribution < 1.29 is 17.9 Å². The topological polar surface area (TPSA) is 70.2 Å². The van der Waals surface area contributed by atoms with Crippen molar-refractivity contribution in [2.45, 2.75) is 43.5 Å². The lowest BCUT2D eigenvalue weighted by molar-refractivity contribution is -0.136. The quantitative estimate of drug-likeness (QED) is 0.742. The van der Waals surface area contributed by atoms with Gasteiger partial charge in [0.25, 0.3) is 0 Å². The van der Waals surface area contributed by atoms with E-state index < -0.39 is 10.0 Å². The second-order valence-electron chi connectivity index (χ2n) is 7.53. The van der Waals surface area contributed by atoms with Crippen LogP contribution >= 0.6 is 0 Å². The number of carbonyl (C=O) groups is 1. The number of likely N-dealkylation sites (tertiary alicyclic amines) is 1. The van der Waals surface area contributed by atoms with E-state index in [0.717, 1.165) is 25.9 Å². The highest BCUT2D eigenvalue weighted by Gasteiger charge is 2.33. The Labute approximate surface area is 168 Å². The number of carbonyl (C=O) groups excluding carboxylic acids is 1. The first-order valence-corrected chi connectivity index (χ1v) is 11.5. The van der Waals surface area contributed by atoms with Crippen LogP contribution in [0.4, 0.5) is 0 Å². The lowest BCUT2D eigenvalue weighted by Crippen LogP contribution is -2.55. The molecular formula is C20H31N3O4S. The molecule has 1 aromatic carbocycles. The molecule has 7 nitrogen and oxygen atoms in total. The Morgan fingerprint density at radius 3 is 2.04 bits per heavy atom. The van der Waals surface area contributed by atoms with Crippen LogP contribution in [-0.2, 0) is 14.8 Å². The van der Waals surface area contributed by atoms with Crippen LogP contribution in [0.1, 0.15) is 32.6 Å². The molecule has 1 amide bonds. The molecule has 0 bridgehead atoms. The monoisotopic (exact) mass is 409 g/mol. The van der Waals surface area contributed by atoms with Crippen molar-refractivity contribution >= 4 is 15.9 Å². The van der Waals surface area contributed by atoms with E-state index in [1.54, 1.807) is 31.4 Å². The molecule has 0 radical (unpaired) electrons. The zero-order valence-electron chi connectivity index (χ0n) is 16.8. The highest BCUT2D eigenvalue weighted by atomic mass is 32.2. The van der Waals surface area contributed by atoms with Crippen LogP contribution in [0.25, 0.3) is 0 Å². The Morgan fingerprint density at radius 1 is 0.929 bits per heavy atom. The van der Waals surface area contributed by atoms with Crippen molar-refractivity contribution in [2.24, 2.45) is 0 Å². The third kappa shape index (κ3) is 4.67. The van der Waals surface area contributed by atoms with Crippen LogP contribution in [0.2, 0.25) is 0 Å². The summed E-state index contributed by atoms with van der Waals surface area (Å²) < 4.78 is 32.4. The van der Waals surface area contributed by atoms with Gasteiger partial charge in [0, 0.05) is 39.3 Å². The summed E-state index contributed by atoms with van der Waals surface area (Å²) in [5.41, 5.74) is 0. The number of nitrogens with zero attached hydrogens (tertiary/aromatic N) is 3. The van der Waals surface area contributed by atoms with Crippen molar-refractivity contribution in [1.82, 2.24) is 14.1 Å². The minimum Gasteiger partial charge on any atom is -0.497 e. The van der Waals surface area contributed by atoms with Gasteiger partial charge in [-0.3, -0.25) is 9.69 Å². The highest BCUT2D eigenvalue weighted by molar-refractivity contribution is 7.89. The van der Waals surface area contributed by atoms with E-state index in [9.17, 15) is 13.2 Å². The van der Waals surface area contributed by atoms with Gasteiger partial charge in [0.15, 0.2) is 0 Å². The highest BCUT2D eigenvalue weighted by Crippen LogP contribution is 2.21. The molecule has 1 aromatic rings. The van der Waals surface area contributed by atoms with Crippen LogP contribution in [0.5, 0.6) is 5.75 Å². The van der Waals surface area contributed by atoms with Crippen molar-refractivity contribution in [2.75, 3.05) is 46.4 Å². The van der Waals surface area contributed by atoms with Crippen LogP contribution < -0.4 is 4.74 Å². The first-order chi connectivity index (χ1) is 13.4. The Morgan fingerprint density at radius 2 is 1.50 bits per heavy atom. The van der Waals surface area contributed by atoms with Gasteiger partial charge >= 0.3 is 0 Å². The maximum atomic E-state index is 12.9. The van der Waals surface area contributed by atoms with Crippen LogP contribution in [0.15, 0.2) is 29.2 Å². The van der Waals surface area contributed by atoms with Gasteiger partial charge in [0.1, 0.15) is 5.75 Å². The molecule has 2 heterocycles.